The predicted octanol–water partition coefficient (Wildman–Crippen LogP) is 5.54. The Morgan fingerprint density at radius 1 is 0.972 bits per heavy atom. The number of aromatic nitrogens is 4. The first-order chi connectivity index (χ1) is 33.9. The van der Waals surface area contributed by atoms with Gasteiger partial charge in [0.05, 0.1) is 59.5 Å². The van der Waals surface area contributed by atoms with E-state index in [-0.39, 0.29) is 37.3 Å². The van der Waals surface area contributed by atoms with Crippen molar-refractivity contribution in [2.75, 3.05) is 41.0 Å². The highest BCUT2D eigenvalue weighted by molar-refractivity contribution is 5.73. The number of alkyl halides is 1. The van der Waals surface area contributed by atoms with Crippen LogP contribution in [0.15, 0.2) is 47.3 Å². The number of ether oxygens (including phenoxy) is 6. The molecular formula is C53H85FN6O12. The van der Waals surface area contributed by atoms with Crippen LogP contribution >= 0.6 is 0 Å². The van der Waals surface area contributed by atoms with Crippen molar-refractivity contribution < 1.29 is 62.4 Å². The van der Waals surface area contributed by atoms with Gasteiger partial charge in [-0.15, -0.1) is 5.10 Å². The van der Waals surface area contributed by atoms with E-state index in [9.17, 15) is 29.6 Å². The van der Waals surface area contributed by atoms with Crippen molar-refractivity contribution in [2.24, 2.45) is 17.8 Å². The number of aliphatic hydroxyl groups is 4. The third-order valence-electron chi connectivity index (χ3n) is 16.0. The molecule has 5 heterocycles. The second kappa shape index (κ2) is 24.5. The third kappa shape index (κ3) is 13.7. The zero-order valence-corrected chi connectivity index (χ0v) is 44.9. The minimum atomic E-state index is -1.82. The summed E-state index contributed by atoms with van der Waals surface area (Å²) < 4.78 is 60.1. The van der Waals surface area contributed by atoms with Gasteiger partial charge in [-0.3, -0.25) is 4.79 Å². The van der Waals surface area contributed by atoms with Crippen molar-refractivity contribution in [3.8, 4) is 11.5 Å². The number of cyclic esters (lactones) is 1. The molecule has 0 spiro atoms. The highest BCUT2D eigenvalue weighted by atomic mass is 19.1. The quantitative estimate of drug-likeness (QED) is 0.137. The summed E-state index contributed by atoms with van der Waals surface area (Å²) in [5, 5.41) is 56.2. The number of benzene rings is 1. The van der Waals surface area contributed by atoms with Crippen LogP contribution in [0.1, 0.15) is 119 Å². The van der Waals surface area contributed by atoms with Crippen LogP contribution in [-0.2, 0) is 46.1 Å². The molecule has 2 aromatic heterocycles. The number of likely N-dealkylation sites (N-methyl/N-ethyl adjacent to an activating group) is 2. The van der Waals surface area contributed by atoms with Crippen LogP contribution in [0.25, 0.3) is 11.5 Å². The molecule has 4 N–H and O–H groups in total. The molecule has 0 aliphatic carbocycles. The molecule has 0 radical (unpaired) electrons. The van der Waals surface area contributed by atoms with Crippen molar-refractivity contribution in [2.45, 2.75) is 204 Å². The molecule has 406 valence electrons. The molecule has 0 unspecified atom stereocenters. The number of oxazole rings is 1. The Morgan fingerprint density at radius 3 is 2.32 bits per heavy atom. The van der Waals surface area contributed by atoms with Gasteiger partial charge in [0.15, 0.2) is 12.6 Å². The standard InChI is InChI=1S/C53H85FN6O12/c1-14-42-53(10,65)46(61)35(6)59(12)29-31(2)26-51(8,64)48(33(4)45(34(5)50(63)70-42)71-44-27-52(9,66-13)47(62)36(7)69-44)72-43-25-40(23-32(3)68-43)58(11)21-19-39-30-60(57-56-39)41(28-54)24-37-15-17-38(18-16-37)49-55-20-22-67-49/h15-18,20,22,30-36,40-48,61-62,64-65H,14,19,21,23-29H2,1-13H3/t31-,32-,33+,34-,35-,36+,40+,41+,42-,43+,44+,45+,46-,47+,48-,51-,52-,53-/m1/s1. The van der Waals surface area contributed by atoms with Crippen molar-refractivity contribution in [3.63, 3.8) is 0 Å². The first-order valence-corrected chi connectivity index (χ1v) is 25.9. The molecule has 0 saturated carbocycles. The number of nitrogens with zero attached hydrogens (tertiary/aromatic N) is 6. The Labute approximate surface area is 425 Å². The largest absolute Gasteiger partial charge is 0.459 e. The SMILES string of the molecule is CC[C@H]1OC(=O)[C@H](C)[C@@H](O[C@H]2C[C@@](C)(OC)[C@@H](O)[C@H](C)O2)[C@H](C)[C@@H](O[C@H]2C[C@@H](N(C)CCc3cn([C@H](CF)Cc4ccc(-c5ncco5)cc4)nn3)C[C@@H](C)O2)[C@](C)(O)C[C@@H](C)CN(C)[C@H](C)[C@@H](O)[C@]1(C)O. The topological polar surface area (TPSA) is 217 Å². The number of hydrogen-bond donors (Lipinski definition) is 4. The summed E-state index contributed by atoms with van der Waals surface area (Å²) >= 11 is 0. The summed E-state index contributed by atoms with van der Waals surface area (Å²) in [7, 11) is 5.42. The fourth-order valence-electron chi connectivity index (χ4n) is 11.3. The van der Waals surface area contributed by atoms with Crippen LogP contribution in [0.4, 0.5) is 4.39 Å². The van der Waals surface area contributed by atoms with Crippen molar-refractivity contribution in [1.29, 1.82) is 0 Å². The minimum absolute atomic E-state index is 0.00438. The van der Waals surface area contributed by atoms with E-state index < -0.39 is 103 Å². The monoisotopic (exact) mass is 1020 g/mol. The number of halogens is 1. The summed E-state index contributed by atoms with van der Waals surface area (Å²) in [5.74, 6) is -2.02. The van der Waals surface area contributed by atoms with Crippen LogP contribution in [0.2, 0.25) is 0 Å². The lowest BCUT2D eigenvalue weighted by Crippen LogP contribution is -2.59. The summed E-state index contributed by atoms with van der Waals surface area (Å²) in [6.07, 6.45) is -0.218. The van der Waals surface area contributed by atoms with Gasteiger partial charge in [0.25, 0.3) is 0 Å². The lowest BCUT2D eigenvalue weighted by Gasteiger charge is -2.48. The van der Waals surface area contributed by atoms with E-state index in [0.717, 1.165) is 16.8 Å². The average molecular weight is 1020 g/mol. The maximum Gasteiger partial charge on any atom is 0.311 e. The number of carbonyl (C=O) groups excluding carboxylic acids is 1. The Balaban J connectivity index is 1.22. The summed E-state index contributed by atoms with van der Waals surface area (Å²) in [5.41, 5.74) is -1.86. The molecule has 72 heavy (non-hydrogen) atoms. The average Bonchev–Trinajstić information content (AvgIpc) is 4.06. The molecule has 6 rings (SSSR count). The molecule has 0 bridgehead atoms. The fraction of sp³-hybridized carbons (Fsp3) is 0.774. The second-order valence-corrected chi connectivity index (χ2v) is 22.1. The molecular weight excluding hydrogens is 932 g/mol. The maximum atomic E-state index is 14.5. The molecule has 3 saturated heterocycles. The van der Waals surface area contributed by atoms with Crippen molar-refractivity contribution in [3.05, 3.63) is 54.2 Å². The van der Waals surface area contributed by atoms with E-state index in [1.54, 1.807) is 45.5 Å². The van der Waals surface area contributed by atoms with Gasteiger partial charge >= 0.3 is 5.97 Å². The van der Waals surface area contributed by atoms with E-state index in [4.69, 9.17) is 32.8 Å². The zero-order chi connectivity index (χ0) is 52.9. The Hall–Kier alpha value is -3.47. The number of rotatable bonds is 15. The van der Waals surface area contributed by atoms with Gasteiger partial charge < -0.3 is 63.1 Å². The van der Waals surface area contributed by atoms with Gasteiger partial charge in [-0.1, -0.05) is 38.1 Å². The minimum Gasteiger partial charge on any atom is -0.459 e. The van der Waals surface area contributed by atoms with E-state index in [1.807, 2.05) is 77.2 Å². The molecule has 18 atom stereocenters. The van der Waals surface area contributed by atoms with E-state index >= 15 is 0 Å². The van der Waals surface area contributed by atoms with Crippen LogP contribution in [0.3, 0.4) is 0 Å². The zero-order valence-electron chi connectivity index (χ0n) is 44.9. The highest BCUT2D eigenvalue weighted by Crippen LogP contribution is 2.40. The van der Waals surface area contributed by atoms with Gasteiger partial charge in [-0.05, 0) is 112 Å². The van der Waals surface area contributed by atoms with Gasteiger partial charge in [-0.25, -0.2) is 14.1 Å². The smallest absolute Gasteiger partial charge is 0.311 e. The van der Waals surface area contributed by atoms with E-state index in [0.29, 0.717) is 44.7 Å². The molecule has 3 aromatic rings. The molecule has 3 aliphatic heterocycles. The number of esters is 1. The van der Waals surface area contributed by atoms with Crippen molar-refractivity contribution in [1.82, 2.24) is 29.8 Å². The van der Waals surface area contributed by atoms with Gasteiger partial charge in [0.1, 0.15) is 36.9 Å². The second-order valence-electron chi connectivity index (χ2n) is 22.1. The molecule has 18 nitrogen and oxygen atoms in total. The number of carbonyl (C=O) groups is 1. The molecule has 3 aliphatic rings. The summed E-state index contributed by atoms with van der Waals surface area (Å²) in [4.78, 5) is 22.9. The highest BCUT2D eigenvalue weighted by Gasteiger charge is 2.52. The molecule has 19 heteroatoms. The summed E-state index contributed by atoms with van der Waals surface area (Å²) in [6, 6.07) is 6.62. The van der Waals surface area contributed by atoms with E-state index in [1.165, 1.54) is 20.3 Å². The number of hydrogen-bond acceptors (Lipinski definition) is 17. The third-order valence-corrected chi connectivity index (χ3v) is 16.0. The van der Waals surface area contributed by atoms with Gasteiger partial charge in [0.2, 0.25) is 5.89 Å². The normalized spacial score (nSPS) is 38.5. The van der Waals surface area contributed by atoms with Crippen LogP contribution in [-0.4, -0.2) is 181 Å². The van der Waals surface area contributed by atoms with Crippen LogP contribution < -0.4 is 0 Å². The van der Waals surface area contributed by atoms with Crippen LogP contribution in [0.5, 0.6) is 0 Å². The molecule has 0 amide bonds. The first kappa shape index (κ1) is 57.8. The Morgan fingerprint density at radius 2 is 1.68 bits per heavy atom. The van der Waals surface area contributed by atoms with E-state index in [2.05, 4.69) is 20.2 Å². The number of aliphatic hydroxyl groups excluding tert-OH is 2. The maximum absolute atomic E-state index is 14.5. The predicted molar refractivity (Wildman–Crippen MR) is 266 cm³/mol. The van der Waals surface area contributed by atoms with Gasteiger partial charge in [0, 0.05) is 69.2 Å². The van der Waals surface area contributed by atoms with Crippen molar-refractivity contribution >= 4 is 5.97 Å². The van der Waals surface area contributed by atoms with Crippen LogP contribution in [0, 0.1) is 17.8 Å². The van der Waals surface area contributed by atoms with Gasteiger partial charge in [-0.2, -0.15) is 0 Å². The Kier molecular flexibility index (Phi) is 19.6. The molecule has 3 fully saturated rings. The Bertz CT molecular complexity index is 2130. The summed E-state index contributed by atoms with van der Waals surface area (Å²) in [6.45, 7) is 18.4. The fourth-order valence-corrected chi connectivity index (χ4v) is 11.3. The lowest BCUT2D eigenvalue weighted by molar-refractivity contribution is -0.308. The first-order valence-electron chi connectivity index (χ1n) is 25.9. The lowest BCUT2D eigenvalue weighted by atomic mass is 9.77. The molecule has 1 aromatic carbocycles. The number of methoxy groups -OCH3 is 1.